The smallest absolute Gasteiger partial charge is 0.123 e. The van der Waals surface area contributed by atoms with E-state index in [9.17, 15) is 5.11 Å². The molecule has 4 atom stereocenters. The molecule has 0 aromatic heterocycles. The third kappa shape index (κ3) is 2.51. The van der Waals surface area contributed by atoms with Gasteiger partial charge in [-0.25, -0.2) is 0 Å². The first kappa shape index (κ1) is 13.0. The molecule has 1 fully saturated rings. The zero-order valence-corrected chi connectivity index (χ0v) is 11.9. The first-order chi connectivity index (χ1) is 9.15. The summed E-state index contributed by atoms with van der Waals surface area (Å²) >= 11 is 0. The molecule has 1 heterocycles. The van der Waals surface area contributed by atoms with Crippen molar-refractivity contribution in [2.45, 2.75) is 45.1 Å². The van der Waals surface area contributed by atoms with Crippen LogP contribution in [-0.2, 0) is 0 Å². The monoisotopic (exact) mass is 260 g/mol. The molecular weight excluding hydrogens is 236 g/mol. The van der Waals surface area contributed by atoms with Crippen molar-refractivity contribution in [3.05, 3.63) is 29.8 Å². The maximum atomic E-state index is 10.8. The molecule has 0 amide bonds. The Balaban J connectivity index is 1.76. The lowest BCUT2D eigenvalue weighted by atomic mass is 9.71. The van der Waals surface area contributed by atoms with Crippen molar-refractivity contribution in [2.75, 3.05) is 6.61 Å². The average Bonchev–Trinajstić information content (AvgIpc) is 2.80. The summed E-state index contributed by atoms with van der Waals surface area (Å²) in [7, 11) is 0. The Kier molecular flexibility index (Phi) is 3.53. The second kappa shape index (κ2) is 5.16. The Morgan fingerprint density at radius 3 is 2.53 bits per heavy atom. The van der Waals surface area contributed by atoms with Crippen molar-refractivity contribution >= 4 is 0 Å². The highest BCUT2D eigenvalue weighted by Crippen LogP contribution is 2.42. The van der Waals surface area contributed by atoms with E-state index in [-0.39, 0.29) is 12.0 Å². The lowest BCUT2D eigenvalue weighted by molar-refractivity contribution is 0.0308. The van der Waals surface area contributed by atoms with Crippen molar-refractivity contribution in [1.82, 2.24) is 0 Å². The molecule has 1 aliphatic heterocycles. The van der Waals surface area contributed by atoms with Gasteiger partial charge in [-0.2, -0.15) is 0 Å². The molecule has 19 heavy (non-hydrogen) atoms. The summed E-state index contributed by atoms with van der Waals surface area (Å²) in [5, 5.41) is 10.8. The van der Waals surface area contributed by atoms with E-state index < -0.39 is 0 Å². The molecule has 2 nitrogen and oxygen atoms in total. The molecule has 3 rings (SSSR count). The number of benzene rings is 1. The van der Waals surface area contributed by atoms with E-state index in [4.69, 9.17) is 4.74 Å². The number of hydrogen-bond acceptors (Lipinski definition) is 2. The first-order valence-electron chi connectivity index (χ1n) is 7.55. The van der Waals surface area contributed by atoms with Gasteiger partial charge in [-0.3, -0.25) is 0 Å². The summed E-state index contributed by atoms with van der Waals surface area (Å²) < 4.78 is 5.72. The molecule has 2 aliphatic rings. The van der Waals surface area contributed by atoms with Crippen LogP contribution in [0.2, 0.25) is 0 Å². The zero-order valence-electron chi connectivity index (χ0n) is 11.9. The molecule has 1 aliphatic carbocycles. The van der Waals surface area contributed by atoms with E-state index in [0.29, 0.717) is 12.5 Å². The van der Waals surface area contributed by atoms with Crippen LogP contribution in [0.25, 0.3) is 0 Å². The van der Waals surface area contributed by atoms with Gasteiger partial charge in [0.2, 0.25) is 0 Å². The van der Waals surface area contributed by atoms with Crippen LogP contribution in [0.5, 0.6) is 5.75 Å². The first-order valence-corrected chi connectivity index (χ1v) is 7.55. The summed E-state index contributed by atoms with van der Waals surface area (Å²) in [4.78, 5) is 0. The number of aliphatic hydroxyl groups excluding tert-OH is 1. The van der Waals surface area contributed by atoms with Gasteiger partial charge >= 0.3 is 0 Å². The summed E-state index contributed by atoms with van der Waals surface area (Å²) in [5.74, 6) is 3.03. The predicted molar refractivity (Wildman–Crippen MR) is 76.4 cm³/mol. The largest absolute Gasteiger partial charge is 0.493 e. The highest BCUT2D eigenvalue weighted by molar-refractivity contribution is 5.40. The van der Waals surface area contributed by atoms with Gasteiger partial charge in [0.1, 0.15) is 5.75 Å². The molecule has 4 unspecified atom stereocenters. The van der Waals surface area contributed by atoms with Gasteiger partial charge in [0, 0.05) is 11.5 Å². The SMILES string of the molecule is CC1CC(C)CC(C(O)C2COc3ccccc32)C1. The van der Waals surface area contributed by atoms with E-state index in [1.807, 2.05) is 18.2 Å². The van der Waals surface area contributed by atoms with Gasteiger partial charge < -0.3 is 9.84 Å². The third-order valence-electron chi connectivity index (χ3n) is 4.85. The average molecular weight is 260 g/mol. The quantitative estimate of drug-likeness (QED) is 0.880. The van der Waals surface area contributed by atoms with Crippen LogP contribution < -0.4 is 4.74 Å². The molecule has 2 heteroatoms. The van der Waals surface area contributed by atoms with Gasteiger partial charge in [0.05, 0.1) is 12.7 Å². The Morgan fingerprint density at radius 2 is 1.79 bits per heavy atom. The summed E-state index contributed by atoms with van der Waals surface area (Å²) in [6.07, 6.45) is 3.36. The maximum absolute atomic E-state index is 10.8. The molecule has 1 aromatic rings. The summed E-state index contributed by atoms with van der Waals surface area (Å²) in [6, 6.07) is 8.15. The topological polar surface area (TPSA) is 29.5 Å². The lowest BCUT2D eigenvalue weighted by Gasteiger charge is -2.36. The van der Waals surface area contributed by atoms with E-state index in [2.05, 4.69) is 19.9 Å². The Morgan fingerprint density at radius 1 is 1.11 bits per heavy atom. The molecule has 1 aromatic carbocycles. The fourth-order valence-electron chi connectivity index (χ4n) is 4.09. The van der Waals surface area contributed by atoms with Gasteiger partial charge in [0.15, 0.2) is 0 Å². The van der Waals surface area contributed by atoms with Gasteiger partial charge in [-0.15, -0.1) is 0 Å². The number of aliphatic hydroxyl groups is 1. The predicted octanol–water partition coefficient (Wildman–Crippen LogP) is 3.60. The van der Waals surface area contributed by atoms with Crippen molar-refractivity contribution in [1.29, 1.82) is 0 Å². The number of para-hydroxylation sites is 1. The summed E-state index contributed by atoms with van der Waals surface area (Å²) in [5.41, 5.74) is 1.20. The van der Waals surface area contributed by atoms with Crippen LogP contribution in [0.15, 0.2) is 24.3 Å². The van der Waals surface area contributed by atoms with E-state index in [0.717, 1.165) is 30.4 Å². The van der Waals surface area contributed by atoms with Crippen LogP contribution in [0.1, 0.15) is 44.6 Å². The molecule has 0 spiro atoms. The van der Waals surface area contributed by atoms with Gasteiger partial charge in [-0.05, 0) is 43.1 Å². The number of rotatable bonds is 2. The minimum absolute atomic E-state index is 0.165. The third-order valence-corrected chi connectivity index (χ3v) is 4.85. The van der Waals surface area contributed by atoms with Crippen molar-refractivity contribution < 1.29 is 9.84 Å². The zero-order chi connectivity index (χ0) is 13.4. The van der Waals surface area contributed by atoms with Crippen LogP contribution >= 0.6 is 0 Å². The standard InChI is InChI=1S/C17H24O2/c1-11-7-12(2)9-13(8-11)17(18)15-10-19-16-6-4-3-5-14(15)16/h3-6,11-13,15,17-18H,7-10H2,1-2H3. The Hall–Kier alpha value is -1.02. The normalized spacial score (nSPS) is 35.5. The molecule has 1 saturated carbocycles. The van der Waals surface area contributed by atoms with Crippen LogP contribution in [0.4, 0.5) is 0 Å². The molecule has 0 saturated heterocycles. The molecule has 104 valence electrons. The van der Waals surface area contributed by atoms with Gasteiger partial charge in [0.25, 0.3) is 0 Å². The minimum atomic E-state index is -0.256. The highest BCUT2D eigenvalue weighted by Gasteiger charge is 2.37. The highest BCUT2D eigenvalue weighted by atomic mass is 16.5. The van der Waals surface area contributed by atoms with Crippen molar-refractivity contribution in [3.8, 4) is 5.75 Å². The maximum Gasteiger partial charge on any atom is 0.123 e. The Labute approximate surface area is 115 Å². The van der Waals surface area contributed by atoms with Crippen LogP contribution in [0.3, 0.4) is 0 Å². The lowest BCUT2D eigenvalue weighted by Crippen LogP contribution is -2.34. The van der Waals surface area contributed by atoms with E-state index in [1.165, 1.54) is 12.0 Å². The summed E-state index contributed by atoms with van der Waals surface area (Å²) in [6.45, 7) is 5.27. The molecule has 0 bridgehead atoms. The number of ether oxygens (including phenoxy) is 1. The molecule has 0 radical (unpaired) electrons. The fraction of sp³-hybridized carbons (Fsp3) is 0.647. The van der Waals surface area contributed by atoms with Crippen molar-refractivity contribution in [3.63, 3.8) is 0 Å². The number of fused-ring (bicyclic) bond motifs is 1. The van der Waals surface area contributed by atoms with E-state index in [1.54, 1.807) is 0 Å². The fourth-order valence-corrected chi connectivity index (χ4v) is 4.09. The Bertz CT molecular complexity index is 433. The van der Waals surface area contributed by atoms with Crippen LogP contribution in [0, 0.1) is 17.8 Å². The second-order valence-corrected chi connectivity index (χ2v) is 6.62. The second-order valence-electron chi connectivity index (χ2n) is 6.62. The van der Waals surface area contributed by atoms with Gasteiger partial charge in [-0.1, -0.05) is 32.0 Å². The molecule has 1 N–H and O–H groups in total. The molecular formula is C17H24O2. The van der Waals surface area contributed by atoms with Crippen LogP contribution in [-0.4, -0.2) is 17.8 Å². The number of hydrogen-bond donors (Lipinski definition) is 1. The minimum Gasteiger partial charge on any atom is -0.493 e. The van der Waals surface area contributed by atoms with Crippen molar-refractivity contribution in [2.24, 2.45) is 17.8 Å². The van der Waals surface area contributed by atoms with E-state index >= 15 is 0 Å².